The Labute approximate surface area is 116 Å². The van der Waals surface area contributed by atoms with Crippen LogP contribution in [-0.2, 0) is 0 Å². The van der Waals surface area contributed by atoms with Crippen molar-refractivity contribution in [2.45, 2.75) is 13.8 Å². The smallest absolute Gasteiger partial charge is 0.335 e. The highest BCUT2D eigenvalue weighted by atomic mass is 16.6. The van der Waals surface area contributed by atoms with E-state index in [-0.39, 0.29) is 23.6 Å². The maximum absolute atomic E-state index is 10.9. The first kappa shape index (κ1) is 15.9. The predicted molar refractivity (Wildman–Crippen MR) is 73.3 cm³/mol. The van der Waals surface area contributed by atoms with Crippen LogP contribution in [0.1, 0.15) is 24.2 Å². The maximum atomic E-state index is 10.9. The van der Waals surface area contributed by atoms with Crippen molar-refractivity contribution >= 4 is 11.7 Å². The van der Waals surface area contributed by atoms with Crippen molar-refractivity contribution in [3.63, 3.8) is 0 Å². The van der Waals surface area contributed by atoms with Gasteiger partial charge in [0.2, 0.25) is 0 Å². The predicted octanol–water partition coefficient (Wildman–Crippen LogP) is 2.01. The van der Waals surface area contributed by atoms with Crippen LogP contribution in [0.5, 0.6) is 5.75 Å². The summed E-state index contributed by atoms with van der Waals surface area (Å²) in [4.78, 5) is 23.3. The number of likely N-dealkylation sites (N-methyl/N-ethyl adjacent to an activating group) is 1. The van der Waals surface area contributed by atoms with Crippen LogP contribution in [0.3, 0.4) is 0 Å². The molecular weight excluding hydrogens is 264 g/mol. The summed E-state index contributed by atoms with van der Waals surface area (Å²) in [6.45, 7) is 6.63. The molecule has 0 aliphatic heterocycles. The van der Waals surface area contributed by atoms with Crippen molar-refractivity contribution in [3.8, 4) is 5.75 Å². The van der Waals surface area contributed by atoms with Gasteiger partial charge in [-0.3, -0.25) is 10.1 Å². The molecule has 0 spiro atoms. The number of hydrogen-bond acceptors (Lipinski definition) is 5. The van der Waals surface area contributed by atoms with E-state index in [1.54, 1.807) is 0 Å². The molecule has 20 heavy (non-hydrogen) atoms. The van der Waals surface area contributed by atoms with E-state index in [1.165, 1.54) is 12.1 Å². The average molecular weight is 282 g/mol. The highest BCUT2D eigenvalue weighted by molar-refractivity contribution is 5.88. The lowest BCUT2D eigenvalue weighted by Crippen LogP contribution is -2.28. The van der Waals surface area contributed by atoms with Crippen LogP contribution in [0, 0.1) is 10.1 Å². The highest BCUT2D eigenvalue weighted by Gasteiger charge is 2.18. The van der Waals surface area contributed by atoms with Crippen molar-refractivity contribution in [1.29, 1.82) is 0 Å². The third-order valence-electron chi connectivity index (χ3n) is 2.96. The summed E-state index contributed by atoms with van der Waals surface area (Å²) in [6.07, 6.45) is 0. The zero-order chi connectivity index (χ0) is 15.1. The Bertz CT molecular complexity index is 486. The zero-order valence-corrected chi connectivity index (χ0v) is 11.5. The molecule has 1 aromatic rings. The molecule has 0 aromatic heterocycles. The van der Waals surface area contributed by atoms with E-state index in [0.29, 0.717) is 6.54 Å². The maximum Gasteiger partial charge on any atom is 0.335 e. The molecule has 0 amide bonds. The Morgan fingerprint density at radius 1 is 1.40 bits per heavy atom. The lowest BCUT2D eigenvalue weighted by Gasteiger charge is -2.18. The summed E-state index contributed by atoms with van der Waals surface area (Å²) in [5, 5.41) is 19.8. The zero-order valence-electron chi connectivity index (χ0n) is 11.5. The van der Waals surface area contributed by atoms with E-state index < -0.39 is 10.9 Å². The Morgan fingerprint density at radius 3 is 2.55 bits per heavy atom. The highest BCUT2D eigenvalue weighted by Crippen LogP contribution is 2.28. The first-order valence-corrected chi connectivity index (χ1v) is 6.36. The van der Waals surface area contributed by atoms with Gasteiger partial charge in [0, 0.05) is 18.7 Å². The van der Waals surface area contributed by atoms with Crippen LogP contribution >= 0.6 is 0 Å². The minimum atomic E-state index is -1.14. The molecule has 0 unspecified atom stereocenters. The normalized spacial score (nSPS) is 10.6. The number of nitro benzene ring substituents is 1. The minimum Gasteiger partial charge on any atom is -0.485 e. The van der Waals surface area contributed by atoms with Crippen LogP contribution in [0.4, 0.5) is 5.69 Å². The summed E-state index contributed by atoms with van der Waals surface area (Å²) >= 11 is 0. The average Bonchev–Trinajstić information content (AvgIpc) is 2.43. The second-order valence-corrected chi connectivity index (χ2v) is 4.12. The molecule has 7 heteroatoms. The largest absolute Gasteiger partial charge is 0.485 e. The van der Waals surface area contributed by atoms with Gasteiger partial charge in [-0.2, -0.15) is 0 Å². The summed E-state index contributed by atoms with van der Waals surface area (Å²) in [6, 6.07) is 3.52. The van der Waals surface area contributed by atoms with Crippen LogP contribution in [0.2, 0.25) is 0 Å². The van der Waals surface area contributed by atoms with Crippen molar-refractivity contribution in [2.24, 2.45) is 0 Å². The first-order valence-electron chi connectivity index (χ1n) is 6.36. The van der Waals surface area contributed by atoms with Gasteiger partial charge in [-0.05, 0) is 19.2 Å². The molecule has 110 valence electrons. The van der Waals surface area contributed by atoms with Crippen LogP contribution in [0.15, 0.2) is 18.2 Å². The van der Waals surface area contributed by atoms with Gasteiger partial charge in [0.15, 0.2) is 5.75 Å². The number of nitrogens with zero attached hydrogens (tertiary/aromatic N) is 2. The molecule has 1 rings (SSSR count). The number of aromatic carboxylic acids is 1. The standard InChI is InChI=1S/C13H18N2O5/c1-3-14(4-2)7-8-20-12-9-10(13(16)17)5-6-11(12)15(18)19/h5-6,9H,3-4,7-8H2,1-2H3,(H,16,17). The van der Waals surface area contributed by atoms with Crippen molar-refractivity contribution in [1.82, 2.24) is 4.90 Å². The molecule has 0 heterocycles. The van der Waals surface area contributed by atoms with E-state index in [9.17, 15) is 14.9 Å². The number of carboxylic acid groups (broad SMARTS) is 1. The number of rotatable bonds is 8. The lowest BCUT2D eigenvalue weighted by molar-refractivity contribution is -0.385. The minimum absolute atomic E-state index is 0.0120. The number of carboxylic acids is 1. The molecule has 0 aliphatic carbocycles. The van der Waals surface area contributed by atoms with Crippen molar-refractivity contribution < 1.29 is 19.6 Å². The topological polar surface area (TPSA) is 92.9 Å². The van der Waals surface area contributed by atoms with Gasteiger partial charge < -0.3 is 14.7 Å². The number of hydrogen-bond donors (Lipinski definition) is 1. The fraction of sp³-hybridized carbons (Fsp3) is 0.462. The van der Waals surface area contributed by atoms with Crippen molar-refractivity contribution in [2.75, 3.05) is 26.2 Å². The summed E-state index contributed by atoms with van der Waals surface area (Å²) in [7, 11) is 0. The van der Waals surface area contributed by atoms with E-state index >= 15 is 0 Å². The van der Waals surface area contributed by atoms with Gasteiger partial charge >= 0.3 is 11.7 Å². The summed E-state index contributed by atoms with van der Waals surface area (Å²) in [5.41, 5.74) is -0.261. The van der Waals surface area contributed by atoms with Gasteiger partial charge in [0.25, 0.3) is 0 Å². The van der Waals surface area contributed by atoms with Gasteiger partial charge in [0.05, 0.1) is 10.5 Å². The van der Waals surface area contributed by atoms with Crippen molar-refractivity contribution in [3.05, 3.63) is 33.9 Å². The molecule has 1 aromatic carbocycles. The molecule has 0 fully saturated rings. The SMILES string of the molecule is CCN(CC)CCOc1cc(C(=O)O)ccc1[N+](=O)[O-]. The Balaban J connectivity index is 2.82. The van der Waals surface area contributed by atoms with E-state index in [4.69, 9.17) is 9.84 Å². The molecule has 0 radical (unpaired) electrons. The number of nitro groups is 1. The fourth-order valence-corrected chi connectivity index (χ4v) is 1.74. The second kappa shape index (κ2) is 7.44. The van der Waals surface area contributed by atoms with E-state index in [1.807, 2.05) is 13.8 Å². The van der Waals surface area contributed by atoms with Gasteiger partial charge in [-0.15, -0.1) is 0 Å². The molecule has 1 N–H and O–H groups in total. The molecule has 0 saturated heterocycles. The van der Waals surface area contributed by atoms with Gasteiger partial charge in [0.1, 0.15) is 6.61 Å². The number of carbonyl (C=O) groups is 1. The Hall–Kier alpha value is -2.15. The molecule has 0 atom stereocenters. The number of ether oxygens (including phenoxy) is 1. The lowest BCUT2D eigenvalue weighted by atomic mass is 10.2. The van der Waals surface area contributed by atoms with Gasteiger partial charge in [-0.25, -0.2) is 4.79 Å². The molecule has 0 aliphatic rings. The van der Waals surface area contributed by atoms with Crippen LogP contribution < -0.4 is 4.74 Å². The molecular formula is C13H18N2O5. The quantitative estimate of drug-likeness (QED) is 0.579. The summed E-state index contributed by atoms with van der Waals surface area (Å²) < 4.78 is 5.38. The fourth-order valence-electron chi connectivity index (χ4n) is 1.74. The third kappa shape index (κ3) is 4.20. The van der Waals surface area contributed by atoms with Gasteiger partial charge in [-0.1, -0.05) is 13.8 Å². The monoisotopic (exact) mass is 282 g/mol. The van der Waals surface area contributed by atoms with Crippen LogP contribution in [0.25, 0.3) is 0 Å². The molecule has 0 bridgehead atoms. The van der Waals surface area contributed by atoms with Crippen LogP contribution in [-0.4, -0.2) is 47.1 Å². The molecule has 7 nitrogen and oxygen atoms in total. The Kier molecular flexibility index (Phi) is 5.92. The molecule has 0 saturated carbocycles. The van der Waals surface area contributed by atoms with E-state index in [0.717, 1.165) is 19.2 Å². The van der Waals surface area contributed by atoms with E-state index in [2.05, 4.69) is 4.90 Å². The Morgan fingerprint density at radius 2 is 2.05 bits per heavy atom. The first-order chi connectivity index (χ1) is 9.49. The number of benzene rings is 1. The summed E-state index contributed by atoms with van der Waals surface area (Å²) in [5.74, 6) is -1.16. The third-order valence-corrected chi connectivity index (χ3v) is 2.96. The second-order valence-electron chi connectivity index (χ2n) is 4.12.